The fraction of sp³-hybridized carbons (Fsp3) is 0.879. The number of ether oxygens (including phenoxy) is 4. The average Bonchev–Trinajstić information content (AvgIpc) is 3.00. The van der Waals surface area contributed by atoms with Gasteiger partial charge >= 0.3 is 5.97 Å². The van der Waals surface area contributed by atoms with Crippen LogP contribution >= 0.6 is 0 Å². The number of carboxylic acid groups (broad SMARTS) is 1. The lowest BCUT2D eigenvalue weighted by Crippen LogP contribution is -2.30. The van der Waals surface area contributed by atoms with Crippen LogP contribution in [0.1, 0.15) is 122 Å². The number of nitrogens with one attached hydrogen (secondary N) is 2. The fourth-order valence-corrected chi connectivity index (χ4v) is 4.38. The van der Waals surface area contributed by atoms with Crippen LogP contribution in [0, 0.1) is 0 Å². The van der Waals surface area contributed by atoms with Crippen LogP contribution in [0.25, 0.3) is 0 Å². The number of unbranched alkanes of at least 4 members (excludes halogenated alkanes) is 13. The molecule has 0 aromatic carbocycles. The van der Waals surface area contributed by atoms with Crippen LogP contribution in [-0.2, 0) is 38.1 Å². The van der Waals surface area contributed by atoms with E-state index in [-0.39, 0.29) is 30.8 Å². The predicted octanol–water partition coefficient (Wildman–Crippen LogP) is 4.98. The molecule has 0 saturated carbocycles. The van der Waals surface area contributed by atoms with E-state index in [9.17, 15) is 19.2 Å². The maximum atomic E-state index is 11.9. The highest BCUT2D eigenvalue weighted by Gasteiger charge is 2.03. The Morgan fingerprint density at radius 1 is 0.477 bits per heavy atom. The first-order valence-corrected chi connectivity index (χ1v) is 17.0. The van der Waals surface area contributed by atoms with Gasteiger partial charge in [-0.1, -0.05) is 84.0 Å². The number of carbonyl (C=O) groups is 4. The highest BCUT2D eigenvalue weighted by Crippen LogP contribution is 2.13. The van der Waals surface area contributed by atoms with Crippen molar-refractivity contribution >= 4 is 23.6 Å². The molecule has 0 radical (unpaired) electrons. The first-order chi connectivity index (χ1) is 21.5. The summed E-state index contributed by atoms with van der Waals surface area (Å²) in [5, 5.41) is 14.3. The zero-order chi connectivity index (χ0) is 32.4. The molecular formula is C33H62N2O9. The molecule has 0 aliphatic heterocycles. The summed E-state index contributed by atoms with van der Waals surface area (Å²) in [7, 11) is 0. The van der Waals surface area contributed by atoms with E-state index < -0.39 is 5.97 Å². The van der Waals surface area contributed by atoms with Gasteiger partial charge < -0.3 is 34.7 Å². The highest BCUT2D eigenvalue weighted by atomic mass is 16.5. The second-order valence-corrected chi connectivity index (χ2v) is 11.1. The molecule has 11 nitrogen and oxygen atoms in total. The van der Waals surface area contributed by atoms with Gasteiger partial charge in [0.1, 0.15) is 13.2 Å². The van der Waals surface area contributed by atoms with Gasteiger partial charge in [-0.15, -0.1) is 0 Å². The largest absolute Gasteiger partial charge is 0.481 e. The van der Waals surface area contributed by atoms with Crippen molar-refractivity contribution in [2.75, 3.05) is 65.9 Å². The van der Waals surface area contributed by atoms with E-state index in [4.69, 9.17) is 24.1 Å². The highest BCUT2D eigenvalue weighted by molar-refractivity contribution is 5.79. The lowest BCUT2D eigenvalue weighted by atomic mass is 10.0. The molecule has 3 N–H and O–H groups in total. The zero-order valence-corrected chi connectivity index (χ0v) is 27.5. The minimum absolute atomic E-state index is 0.0276. The lowest BCUT2D eigenvalue weighted by Gasteiger charge is -2.08. The van der Waals surface area contributed by atoms with Gasteiger partial charge in [0, 0.05) is 39.0 Å². The second kappa shape index (κ2) is 33.8. The van der Waals surface area contributed by atoms with Crippen LogP contribution in [0.4, 0.5) is 0 Å². The number of carboxylic acids is 1. The monoisotopic (exact) mass is 630 g/mol. The van der Waals surface area contributed by atoms with Crippen LogP contribution < -0.4 is 10.6 Å². The molecule has 2 amide bonds. The van der Waals surface area contributed by atoms with Crippen molar-refractivity contribution in [1.82, 2.24) is 10.6 Å². The first-order valence-electron chi connectivity index (χ1n) is 17.0. The number of hydrogen-bond acceptors (Lipinski definition) is 8. The molecule has 258 valence electrons. The quantitative estimate of drug-likeness (QED) is 0.0824. The fourth-order valence-electron chi connectivity index (χ4n) is 4.38. The van der Waals surface area contributed by atoms with Crippen LogP contribution in [-0.4, -0.2) is 94.6 Å². The number of aliphatic carboxylic acids is 1. The van der Waals surface area contributed by atoms with Crippen molar-refractivity contribution in [1.29, 1.82) is 0 Å². The van der Waals surface area contributed by atoms with Gasteiger partial charge in [-0.3, -0.25) is 19.2 Å². The summed E-state index contributed by atoms with van der Waals surface area (Å²) in [6, 6.07) is 0. The maximum absolute atomic E-state index is 11.9. The van der Waals surface area contributed by atoms with Crippen molar-refractivity contribution in [2.24, 2.45) is 0 Å². The van der Waals surface area contributed by atoms with Gasteiger partial charge in [-0.05, 0) is 19.3 Å². The van der Waals surface area contributed by atoms with Crippen molar-refractivity contribution < 1.29 is 43.2 Å². The van der Waals surface area contributed by atoms with E-state index >= 15 is 0 Å². The molecule has 0 heterocycles. The third kappa shape index (κ3) is 34.4. The van der Waals surface area contributed by atoms with Crippen LogP contribution in [0.5, 0.6) is 0 Å². The molecule has 0 rings (SSSR count). The zero-order valence-electron chi connectivity index (χ0n) is 27.5. The molecule has 44 heavy (non-hydrogen) atoms. The molecule has 0 aromatic rings. The average molecular weight is 631 g/mol. The number of amides is 2. The topological polar surface area (TPSA) is 149 Å². The molecule has 11 heteroatoms. The Kier molecular flexibility index (Phi) is 32.2. The van der Waals surface area contributed by atoms with E-state index in [0.29, 0.717) is 78.4 Å². The van der Waals surface area contributed by atoms with Crippen LogP contribution in [0.2, 0.25) is 0 Å². The third-order valence-corrected chi connectivity index (χ3v) is 7.04. The summed E-state index contributed by atoms with van der Waals surface area (Å²) >= 11 is 0. The smallest absolute Gasteiger partial charge is 0.303 e. The Morgan fingerprint density at radius 3 is 1.48 bits per heavy atom. The van der Waals surface area contributed by atoms with Crippen LogP contribution in [0.3, 0.4) is 0 Å². The molecular weight excluding hydrogens is 568 g/mol. The second-order valence-electron chi connectivity index (χ2n) is 11.1. The minimum Gasteiger partial charge on any atom is -0.481 e. The summed E-state index contributed by atoms with van der Waals surface area (Å²) in [5.74, 6) is -0.744. The van der Waals surface area contributed by atoms with Gasteiger partial charge in [-0.2, -0.15) is 0 Å². The van der Waals surface area contributed by atoms with Crippen LogP contribution in [0.15, 0.2) is 0 Å². The summed E-state index contributed by atoms with van der Waals surface area (Å²) in [5.41, 5.74) is 0. The Labute approximate surface area is 265 Å². The predicted molar refractivity (Wildman–Crippen MR) is 171 cm³/mol. The van der Waals surface area contributed by atoms with E-state index in [1.54, 1.807) is 6.92 Å². The molecule has 0 aromatic heterocycles. The molecule has 0 unspecified atom stereocenters. The minimum atomic E-state index is -0.688. The van der Waals surface area contributed by atoms with E-state index in [1.807, 2.05) is 0 Å². The molecule has 0 aliphatic rings. The van der Waals surface area contributed by atoms with Gasteiger partial charge in [-0.25, -0.2) is 0 Å². The Morgan fingerprint density at radius 2 is 0.932 bits per heavy atom. The summed E-state index contributed by atoms with van der Waals surface area (Å²) in [6.45, 7) is 5.25. The first kappa shape index (κ1) is 41.9. The van der Waals surface area contributed by atoms with E-state index in [1.165, 1.54) is 57.8 Å². The summed E-state index contributed by atoms with van der Waals surface area (Å²) in [4.78, 5) is 45.3. The number of carbonyl (C=O) groups excluding carboxylic acids is 3. The van der Waals surface area contributed by atoms with Crippen molar-refractivity contribution in [3.8, 4) is 0 Å². The van der Waals surface area contributed by atoms with Crippen molar-refractivity contribution in [2.45, 2.75) is 122 Å². The van der Waals surface area contributed by atoms with E-state index in [0.717, 1.165) is 32.1 Å². The summed E-state index contributed by atoms with van der Waals surface area (Å²) < 4.78 is 21.3. The van der Waals surface area contributed by atoms with Crippen molar-refractivity contribution in [3.63, 3.8) is 0 Å². The molecule has 0 bridgehead atoms. The van der Waals surface area contributed by atoms with Gasteiger partial charge in [0.05, 0.1) is 33.0 Å². The van der Waals surface area contributed by atoms with Gasteiger partial charge in [0.15, 0.2) is 5.78 Å². The molecule has 0 fully saturated rings. The Bertz CT molecular complexity index is 707. The molecule has 0 saturated heterocycles. The van der Waals surface area contributed by atoms with Crippen molar-refractivity contribution in [3.05, 3.63) is 0 Å². The summed E-state index contributed by atoms with van der Waals surface area (Å²) in [6.07, 6.45) is 18.3. The Balaban J connectivity index is 3.27. The maximum Gasteiger partial charge on any atom is 0.303 e. The molecule has 0 aliphatic carbocycles. The number of rotatable bonds is 35. The third-order valence-electron chi connectivity index (χ3n) is 7.04. The lowest BCUT2D eigenvalue weighted by molar-refractivity contribution is -0.137. The Hall–Kier alpha value is -2.08. The standard InChI is InChI=1S/C33H62N2O9/c1-2-30(36)28-43-26-24-41-22-17-20-34-32(38)29-44-27-25-42-23-21-35-31(37)18-15-13-11-9-7-5-3-4-6-8-10-12-14-16-19-33(39)40/h2-29H2,1H3,(H,34,38)(H,35,37)(H,39,40). The SMILES string of the molecule is CCC(=O)COCCOCCCNC(=O)COCCOCCNC(=O)CCCCCCCCCCCCCCCCC(=O)O. The van der Waals surface area contributed by atoms with Gasteiger partial charge in [0.25, 0.3) is 0 Å². The normalized spacial score (nSPS) is 11.0. The number of hydrogen-bond donors (Lipinski definition) is 3. The number of ketones is 1. The van der Waals surface area contributed by atoms with Gasteiger partial charge in [0.2, 0.25) is 11.8 Å². The van der Waals surface area contributed by atoms with E-state index in [2.05, 4.69) is 10.6 Å². The molecule has 0 spiro atoms. The number of Topliss-reactive ketones (excluding diaryl/α,β-unsaturated/α-hetero) is 1. The molecule has 0 atom stereocenters.